The maximum atomic E-state index is 13.1. The van der Waals surface area contributed by atoms with Crippen molar-refractivity contribution >= 4 is 15.5 Å². The fraction of sp³-hybridized carbons (Fsp3) is 0.455. The van der Waals surface area contributed by atoms with E-state index in [0.29, 0.717) is 12.5 Å². The van der Waals surface area contributed by atoms with E-state index in [1.165, 1.54) is 0 Å². The molecule has 0 radical (unpaired) electrons. The summed E-state index contributed by atoms with van der Waals surface area (Å²) in [6, 6.07) is 2.22. The van der Waals surface area contributed by atoms with Crippen molar-refractivity contribution in [3.63, 3.8) is 0 Å². The van der Waals surface area contributed by atoms with Crippen molar-refractivity contribution in [2.45, 2.75) is 23.2 Å². The minimum absolute atomic E-state index is 0.242. The van der Waals surface area contributed by atoms with Crippen LogP contribution in [0.4, 0.5) is 23.2 Å². The van der Waals surface area contributed by atoms with Crippen LogP contribution in [0.15, 0.2) is 23.1 Å². The quantitative estimate of drug-likeness (QED) is 0.788. The molecule has 1 fully saturated rings. The molecule has 0 N–H and O–H groups in total. The van der Waals surface area contributed by atoms with Crippen molar-refractivity contribution in [3.05, 3.63) is 24.0 Å². The van der Waals surface area contributed by atoms with Gasteiger partial charge in [0.05, 0.1) is 12.3 Å². The van der Waals surface area contributed by atoms with Crippen LogP contribution < -0.4 is 5.06 Å². The number of nitrogens with zero attached hydrogens (tertiary/aromatic N) is 1. The summed E-state index contributed by atoms with van der Waals surface area (Å²) in [4.78, 5) is 4.00. The van der Waals surface area contributed by atoms with Gasteiger partial charge >= 0.3 is 5.51 Å². The summed E-state index contributed by atoms with van der Waals surface area (Å²) in [6.07, 6.45) is 1.36. The molecule has 2 rings (SSSR count). The second kappa shape index (κ2) is 5.21. The molecule has 1 aromatic rings. The molecular formula is C11H11F4NO3S. The molecule has 1 aliphatic heterocycles. The molecule has 1 saturated heterocycles. The molecule has 0 aromatic heterocycles. The average Bonchev–Trinajstić information content (AvgIpc) is 2.38. The van der Waals surface area contributed by atoms with Gasteiger partial charge in [0.15, 0.2) is 0 Å². The summed E-state index contributed by atoms with van der Waals surface area (Å²) in [7, 11) is -5.64. The number of anilines is 1. The van der Waals surface area contributed by atoms with Crippen LogP contribution >= 0.6 is 0 Å². The van der Waals surface area contributed by atoms with Gasteiger partial charge in [-0.2, -0.15) is 13.2 Å². The lowest BCUT2D eigenvalue weighted by atomic mass is 10.2. The first kappa shape index (κ1) is 15.0. The number of hydroxylamine groups is 1. The lowest BCUT2D eigenvalue weighted by Gasteiger charge is -2.29. The van der Waals surface area contributed by atoms with Crippen LogP contribution in [0.5, 0.6) is 0 Å². The first-order chi connectivity index (χ1) is 9.23. The van der Waals surface area contributed by atoms with E-state index in [2.05, 4.69) is 0 Å². The highest BCUT2D eigenvalue weighted by Crippen LogP contribution is 2.37. The summed E-state index contributed by atoms with van der Waals surface area (Å²) in [6.45, 7) is 0.509. The molecule has 0 saturated carbocycles. The van der Waals surface area contributed by atoms with Gasteiger partial charge in [0.1, 0.15) is 10.7 Å². The first-order valence-corrected chi connectivity index (χ1v) is 7.23. The van der Waals surface area contributed by atoms with E-state index in [0.717, 1.165) is 23.6 Å². The van der Waals surface area contributed by atoms with Crippen molar-refractivity contribution in [1.82, 2.24) is 0 Å². The summed E-state index contributed by atoms with van der Waals surface area (Å²) < 4.78 is 74.0. The Balaban J connectivity index is 2.54. The van der Waals surface area contributed by atoms with Crippen molar-refractivity contribution in [1.29, 1.82) is 0 Å². The minimum Gasteiger partial charge on any atom is -0.273 e. The van der Waals surface area contributed by atoms with Crippen LogP contribution in [-0.4, -0.2) is 27.1 Å². The number of rotatable bonds is 2. The van der Waals surface area contributed by atoms with Gasteiger partial charge in [-0.1, -0.05) is 0 Å². The van der Waals surface area contributed by atoms with E-state index < -0.39 is 26.1 Å². The molecule has 112 valence electrons. The lowest BCUT2D eigenvalue weighted by molar-refractivity contribution is -0.0436. The Labute approximate surface area is 112 Å². The Bertz CT molecular complexity index is 594. The van der Waals surface area contributed by atoms with Crippen LogP contribution in [0, 0.1) is 5.82 Å². The summed E-state index contributed by atoms with van der Waals surface area (Å²) in [5, 5.41) is 1.06. The molecule has 0 aliphatic carbocycles. The van der Waals surface area contributed by atoms with Crippen molar-refractivity contribution in [3.8, 4) is 0 Å². The number of alkyl halides is 3. The summed E-state index contributed by atoms with van der Waals surface area (Å²) in [5.41, 5.74) is -5.80. The number of benzene rings is 1. The van der Waals surface area contributed by atoms with E-state index in [1.807, 2.05) is 0 Å². The molecule has 9 heteroatoms. The zero-order valence-corrected chi connectivity index (χ0v) is 11.0. The Kier molecular flexibility index (Phi) is 3.92. The first-order valence-electron chi connectivity index (χ1n) is 5.75. The Morgan fingerprint density at radius 3 is 2.45 bits per heavy atom. The van der Waals surface area contributed by atoms with Gasteiger partial charge in [0, 0.05) is 6.54 Å². The van der Waals surface area contributed by atoms with Crippen LogP contribution in [0.25, 0.3) is 0 Å². The molecule has 20 heavy (non-hydrogen) atoms. The lowest BCUT2D eigenvalue weighted by Crippen LogP contribution is -2.32. The van der Waals surface area contributed by atoms with E-state index in [1.54, 1.807) is 0 Å². The third-order valence-electron chi connectivity index (χ3n) is 2.79. The van der Waals surface area contributed by atoms with Gasteiger partial charge in [0.2, 0.25) is 0 Å². The molecule has 1 aliphatic rings. The molecule has 4 nitrogen and oxygen atoms in total. The number of halogens is 4. The molecule has 0 spiro atoms. The molecule has 0 bridgehead atoms. The van der Waals surface area contributed by atoms with Gasteiger partial charge < -0.3 is 0 Å². The van der Waals surface area contributed by atoms with Gasteiger partial charge in [0.25, 0.3) is 9.84 Å². The second-order valence-corrected chi connectivity index (χ2v) is 6.11. The topological polar surface area (TPSA) is 46.6 Å². The third-order valence-corrected chi connectivity index (χ3v) is 4.30. The molecule has 0 atom stereocenters. The zero-order chi connectivity index (χ0) is 15.0. The predicted molar refractivity (Wildman–Crippen MR) is 62.2 cm³/mol. The van der Waals surface area contributed by atoms with Crippen molar-refractivity contribution < 1.29 is 30.8 Å². The summed E-state index contributed by atoms with van der Waals surface area (Å²) >= 11 is 0. The van der Waals surface area contributed by atoms with Crippen LogP contribution in [0.3, 0.4) is 0 Å². The maximum Gasteiger partial charge on any atom is 0.501 e. The van der Waals surface area contributed by atoms with Gasteiger partial charge in [-0.15, -0.1) is 0 Å². The van der Waals surface area contributed by atoms with Gasteiger partial charge in [-0.05, 0) is 31.0 Å². The normalized spacial score (nSPS) is 17.3. The van der Waals surface area contributed by atoms with E-state index in [-0.39, 0.29) is 18.8 Å². The van der Waals surface area contributed by atoms with Crippen LogP contribution in [-0.2, 0) is 14.7 Å². The molecule has 0 unspecified atom stereocenters. The average molecular weight is 313 g/mol. The number of hydrogen-bond acceptors (Lipinski definition) is 4. The van der Waals surface area contributed by atoms with Crippen molar-refractivity contribution in [2.24, 2.45) is 0 Å². The maximum absolute atomic E-state index is 13.1. The highest BCUT2D eigenvalue weighted by molar-refractivity contribution is 7.92. The van der Waals surface area contributed by atoms with Crippen LogP contribution in [0.2, 0.25) is 0 Å². The Morgan fingerprint density at radius 2 is 1.90 bits per heavy atom. The number of hydrogen-bond donors (Lipinski definition) is 0. The Morgan fingerprint density at radius 1 is 1.20 bits per heavy atom. The fourth-order valence-corrected chi connectivity index (χ4v) is 2.78. The standard InChI is InChI=1S/C11H11F4NO3S/c12-8-3-4-9(16-5-1-2-6-19-16)10(7-8)20(17,18)11(13,14)15/h3-4,7H,1-2,5-6H2. The van der Waals surface area contributed by atoms with E-state index in [4.69, 9.17) is 4.84 Å². The monoisotopic (exact) mass is 313 g/mol. The second-order valence-electron chi connectivity index (χ2n) is 4.20. The van der Waals surface area contributed by atoms with E-state index >= 15 is 0 Å². The van der Waals surface area contributed by atoms with Crippen LogP contribution in [0.1, 0.15) is 12.8 Å². The third kappa shape index (κ3) is 2.73. The largest absolute Gasteiger partial charge is 0.501 e. The molecule has 1 aromatic carbocycles. The highest BCUT2D eigenvalue weighted by atomic mass is 32.2. The predicted octanol–water partition coefficient (Wildman–Crippen LogP) is 2.65. The fourth-order valence-electron chi connectivity index (χ4n) is 1.82. The SMILES string of the molecule is O=S(=O)(c1cc(F)ccc1N1CCCCO1)C(F)(F)F. The minimum atomic E-state index is -5.64. The van der Waals surface area contributed by atoms with Gasteiger partial charge in [-0.3, -0.25) is 9.90 Å². The highest BCUT2D eigenvalue weighted by Gasteiger charge is 2.48. The molecular weight excluding hydrogens is 302 g/mol. The Hall–Kier alpha value is -1.35. The zero-order valence-electron chi connectivity index (χ0n) is 10.2. The van der Waals surface area contributed by atoms with Gasteiger partial charge in [-0.25, -0.2) is 12.8 Å². The van der Waals surface area contributed by atoms with E-state index in [9.17, 15) is 26.0 Å². The van der Waals surface area contributed by atoms with Crippen molar-refractivity contribution in [2.75, 3.05) is 18.2 Å². The smallest absolute Gasteiger partial charge is 0.273 e. The number of sulfone groups is 1. The molecule has 1 heterocycles. The molecule has 0 amide bonds. The summed E-state index contributed by atoms with van der Waals surface area (Å²) in [5.74, 6) is -1.06.